The molecule has 20 heavy (non-hydrogen) atoms. The molecule has 0 radical (unpaired) electrons. The van der Waals surface area contributed by atoms with Crippen molar-refractivity contribution in [1.29, 1.82) is 0 Å². The van der Waals surface area contributed by atoms with Gasteiger partial charge in [-0.2, -0.15) is 0 Å². The maximum absolute atomic E-state index is 10.3. The lowest BCUT2D eigenvalue weighted by Crippen LogP contribution is -2.32. The van der Waals surface area contributed by atoms with Gasteiger partial charge in [-0.15, -0.1) is 0 Å². The quantitative estimate of drug-likeness (QED) is 0.627. The number of hydrogen-bond donors (Lipinski definition) is 2. The van der Waals surface area contributed by atoms with Crippen molar-refractivity contribution in [1.82, 2.24) is 5.32 Å². The number of aryl methyl sites for hydroxylation is 1. The molecule has 2 atom stereocenters. The van der Waals surface area contributed by atoms with Crippen LogP contribution in [0.2, 0.25) is 0 Å². The van der Waals surface area contributed by atoms with E-state index in [4.69, 9.17) is 0 Å². The molecule has 0 bridgehead atoms. The van der Waals surface area contributed by atoms with Gasteiger partial charge in [0.2, 0.25) is 0 Å². The molecule has 0 amide bonds. The van der Waals surface area contributed by atoms with Crippen LogP contribution in [-0.2, 0) is 6.42 Å². The molecule has 2 heteroatoms. The van der Waals surface area contributed by atoms with Gasteiger partial charge in [0.25, 0.3) is 0 Å². The zero-order chi connectivity index (χ0) is 14.8. The molecular formula is C18H31NO. The average molecular weight is 277 g/mol. The van der Waals surface area contributed by atoms with Crippen molar-refractivity contribution in [2.45, 2.75) is 71.4 Å². The van der Waals surface area contributed by atoms with Crippen LogP contribution in [-0.4, -0.2) is 17.7 Å². The predicted molar refractivity (Wildman–Crippen MR) is 87.0 cm³/mol. The minimum Gasteiger partial charge on any atom is -0.387 e. The molecule has 0 saturated carbocycles. The SMILES string of the molecule is CCCCCCc1ccc(C(O)C(C)NCCC)cc1. The molecule has 114 valence electrons. The van der Waals surface area contributed by atoms with Crippen molar-refractivity contribution >= 4 is 0 Å². The zero-order valence-corrected chi connectivity index (χ0v) is 13.4. The first-order chi connectivity index (χ1) is 9.69. The molecule has 0 aromatic heterocycles. The van der Waals surface area contributed by atoms with Crippen LogP contribution in [0.4, 0.5) is 0 Å². The first kappa shape index (κ1) is 17.2. The minimum atomic E-state index is -0.421. The van der Waals surface area contributed by atoms with Crippen molar-refractivity contribution in [2.24, 2.45) is 0 Å². The van der Waals surface area contributed by atoms with Gasteiger partial charge in [-0.1, -0.05) is 57.4 Å². The summed E-state index contributed by atoms with van der Waals surface area (Å²) < 4.78 is 0. The summed E-state index contributed by atoms with van der Waals surface area (Å²) in [5.74, 6) is 0. The molecule has 0 saturated heterocycles. The number of nitrogens with one attached hydrogen (secondary N) is 1. The van der Waals surface area contributed by atoms with Crippen molar-refractivity contribution in [2.75, 3.05) is 6.54 Å². The van der Waals surface area contributed by atoms with E-state index in [9.17, 15) is 5.11 Å². The van der Waals surface area contributed by atoms with Gasteiger partial charge in [-0.25, -0.2) is 0 Å². The Kier molecular flexibility index (Phi) is 8.56. The van der Waals surface area contributed by atoms with Crippen molar-refractivity contribution in [3.8, 4) is 0 Å². The number of aliphatic hydroxyl groups is 1. The highest BCUT2D eigenvalue weighted by atomic mass is 16.3. The number of unbranched alkanes of at least 4 members (excludes halogenated alkanes) is 3. The maximum atomic E-state index is 10.3. The summed E-state index contributed by atoms with van der Waals surface area (Å²) in [5, 5.41) is 13.6. The van der Waals surface area contributed by atoms with Crippen molar-refractivity contribution < 1.29 is 5.11 Å². The van der Waals surface area contributed by atoms with E-state index in [0.29, 0.717) is 0 Å². The molecule has 1 aromatic rings. The monoisotopic (exact) mass is 277 g/mol. The molecule has 2 nitrogen and oxygen atoms in total. The van der Waals surface area contributed by atoms with Crippen LogP contribution in [0.5, 0.6) is 0 Å². The fourth-order valence-electron chi connectivity index (χ4n) is 2.41. The molecular weight excluding hydrogens is 246 g/mol. The Balaban J connectivity index is 2.44. The standard InChI is InChI=1S/C18H31NO/c1-4-6-7-8-9-16-10-12-17(13-11-16)18(20)15(3)19-14-5-2/h10-13,15,18-20H,4-9,14H2,1-3H3. The summed E-state index contributed by atoms with van der Waals surface area (Å²) in [5.41, 5.74) is 2.39. The third kappa shape index (κ3) is 6.06. The highest BCUT2D eigenvalue weighted by Crippen LogP contribution is 2.18. The molecule has 1 aromatic carbocycles. The molecule has 0 aliphatic heterocycles. The van der Waals surface area contributed by atoms with Crippen LogP contribution < -0.4 is 5.32 Å². The summed E-state index contributed by atoms with van der Waals surface area (Å²) in [4.78, 5) is 0. The van der Waals surface area contributed by atoms with Crippen LogP contribution in [0.25, 0.3) is 0 Å². The number of rotatable bonds is 10. The Morgan fingerprint density at radius 2 is 1.70 bits per heavy atom. The molecule has 2 unspecified atom stereocenters. The first-order valence-corrected chi connectivity index (χ1v) is 8.19. The second-order valence-corrected chi connectivity index (χ2v) is 5.74. The molecule has 0 heterocycles. The van der Waals surface area contributed by atoms with Crippen LogP contribution in [0.15, 0.2) is 24.3 Å². The maximum Gasteiger partial charge on any atom is 0.0940 e. The predicted octanol–water partition coefficient (Wildman–Crippen LogP) is 4.23. The summed E-state index contributed by atoms with van der Waals surface area (Å²) in [6.45, 7) is 7.37. The van der Waals surface area contributed by atoms with Crippen molar-refractivity contribution in [3.05, 3.63) is 35.4 Å². The molecule has 2 N–H and O–H groups in total. The summed E-state index contributed by atoms with van der Waals surface area (Å²) in [6, 6.07) is 8.58. The number of aliphatic hydroxyl groups excluding tert-OH is 1. The van der Waals surface area contributed by atoms with E-state index in [-0.39, 0.29) is 6.04 Å². The lowest BCUT2D eigenvalue weighted by molar-refractivity contribution is 0.136. The van der Waals surface area contributed by atoms with Gasteiger partial charge >= 0.3 is 0 Å². The Hall–Kier alpha value is -0.860. The average Bonchev–Trinajstić information content (AvgIpc) is 2.49. The van der Waals surface area contributed by atoms with Crippen LogP contribution >= 0.6 is 0 Å². The van der Waals surface area contributed by atoms with Gasteiger partial charge in [0.1, 0.15) is 0 Å². The van der Waals surface area contributed by atoms with Crippen LogP contribution in [0, 0.1) is 0 Å². The third-order valence-corrected chi connectivity index (χ3v) is 3.83. The first-order valence-electron chi connectivity index (χ1n) is 8.19. The Morgan fingerprint density at radius 3 is 2.30 bits per heavy atom. The summed E-state index contributed by atoms with van der Waals surface area (Å²) in [6.07, 6.45) is 7.03. The van der Waals surface area contributed by atoms with Gasteiger partial charge in [-0.05, 0) is 43.9 Å². The highest BCUT2D eigenvalue weighted by Gasteiger charge is 2.15. The smallest absolute Gasteiger partial charge is 0.0940 e. The lowest BCUT2D eigenvalue weighted by atomic mass is 9.99. The van der Waals surface area contributed by atoms with Gasteiger partial charge in [0.15, 0.2) is 0 Å². The van der Waals surface area contributed by atoms with E-state index in [1.807, 2.05) is 6.92 Å². The van der Waals surface area contributed by atoms with E-state index in [1.165, 1.54) is 31.2 Å². The van der Waals surface area contributed by atoms with E-state index in [0.717, 1.165) is 24.9 Å². The third-order valence-electron chi connectivity index (χ3n) is 3.83. The fraction of sp³-hybridized carbons (Fsp3) is 0.667. The zero-order valence-electron chi connectivity index (χ0n) is 13.4. The summed E-state index contributed by atoms with van der Waals surface area (Å²) in [7, 11) is 0. The van der Waals surface area contributed by atoms with E-state index >= 15 is 0 Å². The Bertz CT molecular complexity index is 347. The number of benzene rings is 1. The lowest BCUT2D eigenvalue weighted by Gasteiger charge is -2.20. The van der Waals surface area contributed by atoms with E-state index in [1.54, 1.807) is 0 Å². The van der Waals surface area contributed by atoms with Gasteiger partial charge < -0.3 is 10.4 Å². The van der Waals surface area contributed by atoms with Crippen LogP contribution in [0.3, 0.4) is 0 Å². The molecule has 1 rings (SSSR count). The number of hydrogen-bond acceptors (Lipinski definition) is 2. The molecule has 0 fully saturated rings. The fourth-order valence-corrected chi connectivity index (χ4v) is 2.41. The topological polar surface area (TPSA) is 32.3 Å². The van der Waals surface area contributed by atoms with Crippen molar-refractivity contribution in [3.63, 3.8) is 0 Å². The second kappa shape index (κ2) is 9.95. The van der Waals surface area contributed by atoms with Gasteiger partial charge in [0, 0.05) is 6.04 Å². The molecule has 0 aliphatic carbocycles. The Labute approximate surface area is 124 Å². The van der Waals surface area contributed by atoms with E-state index < -0.39 is 6.10 Å². The van der Waals surface area contributed by atoms with Gasteiger partial charge in [-0.3, -0.25) is 0 Å². The molecule has 0 spiro atoms. The van der Waals surface area contributed by atoms with E-state index in [2.05, 4.69) is 43.4 Å². The van der Waals surface area contributed by atoms with Crippen LogP contribution in [0.1, 0.15) is 70.1 Å². The minimum absolute atomic E-state index is 0.102. The van der Waals surface area contributed by atoms with Gasteiger partial charge in [0.05, 0.1) is 6.10 Å². The largest absolute Gasteiger partial charge is 0.387 e. The summed E-state index contributed by atoms with van der Waals surface area (Å²) >= 11 is 0. The normalized spacial score (nSPS) is 14.2. The molecule has 0 aliphatic rings. The second-order valence-electron chi connectivity index (χ2n) is 5.74. The highest BCUT2D eigenvalue weighted by molar-refractivity contribution is 5.25. The Morgan fingerprint density at radius 1 is 1.00 bits per heavy atom.